The minimum Gasteiger partial charge on any atom is -0.378 e. The number of benzene rings is 1. The summed E-state index contributed by atoms with van der Waals surface area (Å²) in [6, 6.07) is 6.43. The molecule has 3 rings (SSSR count). The molecule has 2 heterocycles. The van der Waals surface area contributed by atoms with Crippen molar-refractivity contribution in [3.63, 3.8) is 0 Å². The van der Waals surface area contributed by atoms with Gasteiger partial charge in [0.05, 0.1) is 18.9 Å². The van der Waals surface area contributed by atoms with Gasteiger partial charge < -0.3 is 14.5 Å². The molecule has 0 N–H and O–H groups in total. The summed E-state index contributed by atoms with van der Waals surface area (Å²) in [6.07, 6.45) is 0.614. The summed E-state index contributed by atoms with van der Waals surface area (Å²) in [6.45, 7) is 3.40. The van der Waals surface area contributed by atoms with Crippen LogP contribution in [0.15, 0.2) is 23.1 Å². The van der Waals surface area contributed by atoms with E-state index in [1.807, 2.05) is 7.05 Å². The van der Waals surface area contributed by atoms with Crippen molar-refractivity contribution in [3.05, 3.63) is 18.2 Å². The lowest BCUT2D eigenvalue weighted by Crippen LogP contribution is -2.36. The Morgan fingerprint density at radius 1 is 1.26 bits per heavy atom. The maximum absolute atomic E-state index is 11.9. The molecule has 0 aliphatic carbocycles. The van der Waals surface area contributed by atoms with Crippen LogP contribution in [0.1, 0.15) is 6.42 Å². The number of fused-ring (bicyclic) bond motifs is 1. The van der Waals surface area contributed by atoms with Gasteiger partial charge in [-0.1, -0.05) is 0 Å². The van der Waals surface area contributed by atoms with Crippen LogP contribution >= 0.6 is 11.8 Å². The van der Waals surface area contributed by atoms with Crippen molar-refractivity contribution >= 4 is 29.0 Å². The molecule has 1 saturated heterocycles. The van der Waals surface area contributed by atoms with Gasteiger partial charge in [0.15, 0.2) is 0 Å². The Bertz CT molecular complexity index is 486. The smallest absolute Gasteiger partial charge is 0.227 e. The summed E-state index contributed by atoms with van der Waals surface area (Å²) in [5.74, 6) is 1.07. The molecule has 1 amide bonds. The number of nitrogens with zero attached hydrogens (tertiary/aromatic N) is 2. The normalized spacial score (nSPS) is 20.2. The van der Waals surface area contributed by atoms with Gasteiger partial charge in [0.2, 0.25) is 5.91 Å². The van der Waals surface area contributed by atoms with Crippen LogP contribution in [0, 0.1) is 0 Å². The van der Waals surface area contributed by atoms with Crippen LogP contribution in [0.25, 0.3) is 0 Å². The molecule has 5 heteroatoms. The third-order valence-corrected chi connectivity index (χ3v) is 4.69. The average Bonchev–Trinajstić information content (AvgIpc) is 2.60. The van der Waals surface area contributed by atoms with E-state index in [1.54, 1.807) is 16.7 Å². The number of ether oxygens (including phenoxy) is 1. The van der Waals surface area contributed by atoms with Crippen molar-refractivity contribution in [1.29, 1.82) is 0 Å². The van der Waals surface area contributed by atoms with Crippen molar-refractivity contribution in [3.8, 4) is 0 Å². The van der Waals surface area contributed by atoms with Crippen LogP contribution < -0.4 is 9.80 Å². The topological polar surface area (TPSA) is 32.8 Å². The number of carbonyl (C=O) groups is 1. The van der Waals surface area contributed by atoms with Gasteiger partial charge in [-0.05, 0) is 18.2 Å². The standard InChI is InChI=1S/C14H18N2O2S/c1-15-12-10-11(16-5-7-18-8-6-16)2-3-13(12)19-9-4-14(15)17/h2-3,10H,4-9H2,1H3. The van der Waals surface area contributed by atoms with Gasteiger partial charge in [-0.15, -0.1) is 11.8 Å². The zero-order chi connectivity index (χ0) is 13.2. The molecule has 0 unspecified atom stereocenters. The van der Waals surface area contributed by atoms with Crippen LogP contribution in [0.4, 0.5) is 11.4 Å². The molecule has 4 nitrogen and oxygen atoms in total. The van der Waals surface area contributed by atoms with Crippen molar-refractivity contribution in [2.75, 3.05) is 48.9 Å². The number of carbonyl (C=O) groups excluding carboxylic acids is 1. The summed E-state index contributed by atoms with van der Waals surface area (Å²) in [5.41, 5.74) is 2.22. The summed E-state index contributed by atoms with van der Waals surface area (Å²) < 4.78 is 5.38. The van der Waals surface area contributed by atoms with E-state index in [4.69, 9.17) is 4.74 Å². The number of hydrogen-bond acceptors (Lipinski definition) is 4. The third-order valence-electron chi connectivity index (χ3n) is 3.63. The highest BCUT2D eigenvalue weighted by atomic mass is 32.2. The molecule has 2 aliphatic rings. The highest BCUT2D eigenvalue weighted by Crippen LogP contribution is 2.36. The third kappa shape index (κ3) is 2.58. The molecular weight excluding hydrogens is 260 g/mol. The van der Waals surface area contributed by atoms with Crippen LogP contribution in [0.3, 0.4) is 0 Å². The van der Waals surface area contributed by atoms with Gasteiger partial charge in [-0.25, -0.2) is 0 Å². The summed E-state index contributed by atoms with van der Waals surface area (Å²) in [5, 5.41) is 0. The van der Waals surface area contributed by atoms with Crippen LogP contribution in [-0.2, 0) is 9.53 Å². The molecule has 1 fully saturated rings. The molecule has 0 saturated carbocycles. The fourth-order valence-corrected chi connectivity index (χ4v) is 3.46. The maximum atomic E-state index is 11.9. The SMILES string of the molecule is CN1C(=O)CCSc2ccc(N3CCOCC3)cc21. The lowest BCUT2D eigenvalue weighted by Gasteiger charge is -2.30. The van der Waals surface area contributed by atoms with Crippen LogP contribution in [-0.4, -0.2) is 45.0 Å². The van der Waals surface area contributed by atoms with Crippen molar-refractivity contribution in [1.82, 2.24) is 0 Å². The number of hydrogen-bond donors (Lipinski definition) is 0. The molecule has 0 radical (unpaired) electrons. The second kappa shape index (κ2) is 5.43. The fraction of sp³-hybridized carbons (Fsp3) is 0.500. The molecular formula is C14H18N2O2S. The van der Waals surface area contributed by atoms with E-state index in [-0.39, 0.29) is 5.91 Å². The van der Waals surface area contributed by atoms with Gasteiger partial charge >= 0.3 is 0 Å². The molecule has 0 atom stereocenters. The minimum absolute atomic E-state index is 0.199. The molecule has 19 heavy (non-hydrogen) atoms. The van der Waals surface area contributed by atoms with E-state index >= 15 is 0 Å². The summed E-state index contributed by atoms with van der Waals surface area (Å²) >= 11 is 1.77. The van der Waals surface area contributed by atoms with Gasteiger partial charge in [0.25, 0.3) is 0 Å². The predicted molar refractivity (Wildman–Crippen MR) is 78.2 cm³/mol. The van der Waals surface area contributed by atoms with E-state index in [0.29, 0.717) is 6.42 Å². The molecule has 102 valence electrons. The van der Waals surface area contributed by atoms with Crippen LogP contribution in [0.5, 0.6) is 0 Å². The quantitative estimate of drug-likeness (QED) is 0.786. The molecule has 0 bridgehead atoms. The minimum atomic E-state index is 0.199. The van der Waals surface area contributed by atoms with E-state index in [9.17, 15) is 4.79 Å². The average molecular weight is 278 g/mol. The highest BCUT2D eigenvalue weighted by molar-refractivity contribution is 7.99. The predicted octanol–water partition coefficient (Wildman–Crippen LogP) is 1.98. The summed E-state index contributed by atoms with van der Waals surface area (Å²) in [4.78, 5) is 17.3. The van der Waals surface area contributed by atoms with Crippen molar-refractivity contribution in [2.24, 2.45) is 0 Å². The van der Waals surface area contributed by atoms with E-state index in [0.717, 1.165) is 37.7 Å². The lowest BCUT2D eigenvalue weighted by molar-refractivity contribution is -0.117. The molecule has 2 aliphatic heterocycles. The Morgan fingerprint density at radius 2 is 2.05 bits per heavy atom. The van der Waals surface area contributed by atoms with Gasteiger partial charge in [-0.3, -0.25) is 4.79 Å². The van der Waals surface area contributed by atoms with Gasteiger partial charge in [0.1, 0.15) is 0 Å². The highest BCUT2D eigenvalue weighted by Gasteiger charge is 2.21. The van der Waals surface area contributed by atoms with Crippen molar-refractivity contribution < 1.29 is 9.53 Å². The lowest BCUT2D eigenvalue weighted by atomic mass is 10.2. The number of amides is 1. The van der Waals surface area contributed by atoms with E-state index in [1.165, 1.54) is 10.6 Å². The van der Waals surface area contributed by atoms with E-state index in [2.05, 4.69) is 23.1 Å². The summed E-state index contributed by atoms with van der Waals surface area (Å²) in [7, 11) is 1.87. The Kier molecular flexibility index (Phi) is 3.66. The zero-order valence-electron chi connectivity index (χ0n) is 11.1. The number of rotatable bonds is 1. The van der Waals surface area contributed by atoms with Gasteiger partial charge in [-0.2, -0.15) is 0 Å². The number of thioether (sulfide) groups is 1. The zero-order valence-corrected chi connectivity index (χ0v) is 11.9. The Morgan fingerprint density at radius 3 is 2.84 bits per heavy atom. The van der Waals surface area contributed by atoms with E-state index < -0.39 is 0 Å². The molecule has 1 aromatic rings. The van der Waals surface area contributed by atoms with Gasteiger partial charge in [0, 0.05) is 42.9 Å². The number of morpholine rings is 1. The second-order valence-corrected chi connectivity index (χ2v) is 5.94. The largest absolute Gasteiger partial charge is 0.378 e. The number of anilines is 2. The monoisotopic (exact) mass is 278 g/mol. The first-order chi connectivity index (χ1) is 9.25. The fourth-order valence-electron chi connectivity index (χ4n) is 2.46. The first kappa shape index (κ1) is 12.8. The Hall–Kier alpha value is -1.20. The second-order valence-electron chi connectivity index (χ2n) is 4.80. The molecule has 1 aromatic carbocycles. The first-order valence-electron chi connectivity index (χ1n) is 6.62. The Balaban J connectivity index is 1.92. The van der Waals surface area contributed by atoms with Crippen LogP contribution in [0.2, 0.25) is 0 Å². The maximum Gasteiger partial charge on any atom is 0.227 e. The molecule has 0 aromatic heterocycles. The Labute approximate surface area is 117 Å². The van der Waals surface area contributed by atoms with Crippen molar-refractivity contribution in [2.45, 2.75) is 11.3 Å². The molecule has 0 spiro atoms. The first-order valence-corrected chi connectivity index (χ1v) is 7.60.